The molecule has 3 amide bonds. The molecule has 7 heteroatoms. The average Bonchev–Trinajstić information content (AvgIpc) is 2.61. The molecule has 0 aromatic heterocycles. The molecule has 24 heavy (non-hydrogen) atoms. The van der Waals surface area contributed by atoms with Crippen LogP contribution in [0.5, 0.6) is 5.75 Å². The lowest BCUT2D eigenvalue weighted by molar-refractivity contribution is -0.135. The highest BCUT2D eigenvalue weighted by Gasteiger charge is 2.27. The molecule has 2 aliphatic rings. The topological polar surface area (TPSA) is 87.7 Å². The van der Waals surface area contributed by atoms with Crippen molar-refractivity contribution in [1.82, 2.24) is 15.5 Å². The Balaban J connectivity index is 1.53. The first-order valence-corrected chi connectivity index (χ1v) is 8.18. The van der Waals surface area contributed by atoms with Gasteiger partial charge in [-0.3, -0.25) is 19.7 Å². The number of hydrogen-bond acceptors (Lipinski definition) is 5. The molecule has 2 fully saturated rings. The fraction of sp³-hybridized carbons (Fsp3) is 0.471. The number of amides is 3. The largest absolute Gasteiger partial charge is 0.484 e. The van der Waals surface area contributed by atoms with E-state index < -0.39 is 0 Å². The number of nitrogens with zero attached hydrogens (tertiary/aromatic N) is 1. The number of benzene rings is 1. The Labute approximate surface area is 140 Å². The van der Waals surface area contributed by atoms with Crippen molar-refractivity contribution in [2.75, 3.05) is 32.8 Å². The summed E-state index contributed by atoms with van der Waals surface area (Å²) in [6.45, 7) is 3.05. The van der Waals surface area contributed by atoms with Crippen LogP contribution >= 0.6 is 0 Å². The van der Waals surface area contributed by atoms with Crippen molar-refractivity contribution in [2.24, 2.45) is 0 Å². The Kier molecular flexibility index (Phi) is 5.10. The molecule has 1 aromatic carbocycles. The second kappa shape index (κ2) is 7.44. The molecule has 7 nitrogen and oxygen atoms in total. The minimum Gasteiger partial charge on any atom is -0.484 e. The van der Waals surface area contributed by atoms with Crippen molar-refractivity contribution >= 4 is 17.7 Å². The van der Waals surface area contributed by atoms with Crippen LogP contribution in [0.25, 0.3) is 0 Å². The summed E-state index contributed by atoms with van der Waals surface area (Å²) < 4.78 is 5.54. The molecule has 0 aliphatic carbocycles. The lowest BCUT2D eigenvalue weighted by Crippen LogP contribution is -2.47. The van der Waals surface area contributed by atoms with Crippen LogP contribution in [-0.4, -0.2) is 55.4 Å². The van der Waals surface area contributed by atoms with Crippen molar-refractivity contribution in [3.63, 3.8) is 0 Å². The van der Waals surface area contributed by atoms with Crippen molar-refractivity contribution in [2.45, 2.75) is 18.8 Å². The smallest absolute Gasteiger partial charge is 0.260 e. The average molecular weight is 331 g/mol. The molecule has 3 rings (SSSR count). The van der Waals surface area contributed by atoms with Crippen LogP contribution in [0.3, 0.4) is 0 Å². The number of nitrogens with one attached hydrogen (secondary N) is 2. The molecular weight excluding hydrogens is 310 g/mol. The number of carbonyl (C=O) groups is 3. The zero-order valence-electron chi connectivity index (χ0n) is 13.4. The van der Waals surface area contributed by atoms with Crippen molar-refractivity contribution in [3.05, 3.63) is 29.8 Å². The van der Waals surface area contributed by atoms with Crippen LogP contribution in [-0.2, 0) is 14.4 Å². The maximum absolute atomic E-state index is 12.0. The van der Waals surface area contributed by atoms with Gasteiger partial charge in [-0.15, -0.1) is 0 Å². The zero-order chi connectivity index (χ0) is 16.9. The second-order valence-corrected chi connectivity index (χ2v) is 5.99. The number of ether oxygens (including phenoxy) is 1. The third-order valence-electron chi connectivity index (χ3n) is 4.35. The van der Waals surface area contributed by atoms with Crippen LogP contribution < -0.4 is 15.4 Å². The first-order chi connectivity index (χ1) is 11.6. The molecule has 0 bridgehead atoms. The van der Waals surface area contributed by atoms with Crippen LogP contribution in [0.1, 0.15) is 24.3 Å². The SMILES string of the molecule is O=C1CCC(c2ccc(OCC(=O)N3CCNCC3)cc2)C(=O)N1. The molecule has 2 aliphatic heterocycles. The molecule has 0 radical (unpaired) electrons. The minimum atomic E-state index is -0.306. The van der Waals surface area contributed by atoms with E-state index in [1.54, 1.807) is 17.0 Å². The fourth-order valence-electron chi connectivity index (χ4n) is 2.96. The maximum atomic E-state index is 12.0. The number of piperazine rings is 1. The van der Waals surface area contributed by atoms with Gasteiger partial charge in [0, 0.05) is 32.6 Å². The summed E-state index contributed by atoms with van der Waals surface area (Å²) in [5.41, 5.74) is 0.848. The van der Waals surface area contributed by atoms with E-state index in [9.17, 15) is 14.4 Å². The van der Waals surface area contributed by atoms with Crippen LogP contribution in [0.4, 0.5) is 0 Å². The highest BCUT2D eigenvalue weighted by atomic mass is 16.5. The normalized spacial score (nSPS) is 21.3. The molecule has 0 spiro atoms. The molecule has 1 unspecified atom stereocenters. The summed E-state index contributed by atoms with van der Waals surface area (Å²) in [5, 5.41) is 5.55. The Bertz CT molecular complexity index is 623. The van der Waals surface area contributed by atoms with E-state index in [2.05, 4.69) is 10.6 Å². The lowest BCUT2D eigenvalue weighted by Gasteiger charge is -2.27. The van der Waals surface area contributed by atoms with Crippen molar-refractivity contribution < 1.29 is 19.1 Å². The van der Waals surface area contributed by atoms with Gasteiger partial charge >= 0.3 is 0 Å². The van der Waals surface area contributed by atoms with Crippen molar-refractivity contribution in [1.29, 1.82) is 0 Å². The Morgan fingerprint density at radius 2 is 1.88 bits per heavy atom. The van der Waals surface area contributed by atoms with E-state index >= 15 is 0 Å². The predicted molar refractivity (Wildman–Crippen MR) is 86.5 cm³/mol. The van der Waals surface area contributed by atoms with Crippen LogP contribution in [0.15, 0.2) is 24.3 Å². The number of carbonyl (C=O) groups excluding carboxylic acids is 3. The highest BCUT2D eigenvalue weighted by molar-refractivity contribution is 6.00. The molecular formula is C17H21N3O4. The second-order valence-electron chi connectivity index (χ2n) is 5.99. The van der Waals surface area contributed by atoms with Gasteiger partial charge in [0.2, 0.25) is 11.8 Å². The van der Waals surface area contributed by atoms with Gasteiger partial charge in [-0.2, -0.15) is 0 Å². The summed E-state index contributed by atoms with van der Waals surface area (Å²) >= 11 is 0. The van der Waals surface area contributed by atoms with E-state index in [4.69, 9.17) is 4.74 Å². The Hall–Kier alpha value is -2.41. The van der Waals surface area contributed by atoms with Crippen LogP contribution in [0.2, 0.25) is 0 Å². The first-order valence-electron chi connectivity index (χ1n) is 8.18. The molecule has 2 N–H and O–H groups in total. The van der Waals surface area contributed by atoms with E-state index in [1.807, 2.05) is 12.1 Å². The highest BCUT2D eigenvalue weighted by Crippen LogP contribution is 2.26. The van der Waals surface area contributed by atoms with Gasteiger partial charge < -0.3 is 15.0 Å². The molecule has 128 valence electrons. The van der Waals surface area contributed by atoms with Gasteiger partial charge in [-0.1, -0.05) is 12.1 Å². The third-order valence-corrected chi connectivity index (χ3v) is 4.35. The molecule has 2 heterocycles. The van der Waals surface area contributed by atoms with E-state index in [1.165, 1.54) is 0 Å². The maximum Gasteiger partial charge on any atom is 0.260 e. The molecule has 2 saturated heterocycles. The lowest BCUT2D eigenvalue weighted by atomic mass is 9.90. The van der Waals surface area contributed by atoms with E-state index in [-0.39, 0.29) is 30.2 Å². The first kappa shape index (κ1) is 16.4. The Morgan fingerprint density at radius 3 is 2.54 bits per heavy atom. The van der Waals surface area contributed by atoms with Gasteiger partial charge in [0.25, 0.3) is 5.91 Å². The van der Waals surface area contributed by atoms with Crippen LogP contribution in [0, 0.1) is 0 Å². The number of hydrogen-bond donors (Lipinski definition) is 2. The number of imide groups is 1. The summed E-state index contributed by atoms with van der Waals surface area (Å²) in [4.78, 5) is 36.9. The van der Waals surface area contributed by atoms with E-state index in [0.29, 0.717) is 31.7 Å². The van der Waals surface area contributed by atoms with E-state index in [0.717, 1.165) is 18.7 Å². The van der Waals surface area contributed by atoms with Gasteiger partial charge in [-0.05, 0) is 24.1 Å². The Morgan fingerprint density at radius 1 is 1.17 bits per heavy atom. The summed E-state index contributed by atoms with van der Waals surface area (Å²) in [6, 6.07) is 7.13. The van der Waals surface area contributed by atoms with Gasteiger partial charge in [0.1, 0.15) is 5.75 Å². The number of piperidine rings is 1. The fourth-order valence-corrected chi connectivity index (χ4v) is 2.96. The van der Waals surface area contributed by atoms with Gasteiger partial charge in [-0.25, -0.2) is 0 Å². The summed E-state index contributed by atoms with van der Waals surface area (Å²) in [7, 11) is 0. The number of rotatable bonds is 4. The van der Waals surface area contributed by atoms with Gasteiger partial charge in [0.15, 0.2) is 6.61 Å². The van der Waals surface area contributed by atoms with Crippen molar-refractivity contribution in [3.8, 4) is 5.75 Å². The minimum absolute atomic E-state index is 0.0117. The molecule has 1 aromatic rings. The third kappa shape index (κ3) is 3.91. The quantitative estimate of drug-likeness (QED) is 0.760. The zero-order valence-corrected chi connectivity index (χ0v) is 13.4. The molecule has 0 saturated carbocycles. The monoisotopic (exact) mass is 331 g/mol. The van der Waals surface area contributed by atoms with Gasteiger partial charge in [0.05, 0.1) is 5.92 Å². The summed E-state index contributed by atoms with van der Waals surface area (Å²) in [5.74, 6) is -0.212. The standard InChI is InChI=1S/C17H21N3O4/c21-15-6-5-14(17(23)19-15)12-1-3-13(4-2-12)24-11-16(22)20-9-7-18-8-10-20/h1-4,14,18H,5-11H2,(H,19,21,23). The summed E-state index contributed by atoms with van der Waals surface area (Å²) in [6.07, 6.45) is 0.875. The molecule has 1 atom stereocenters. The predicted octanol–water partition coefficient (Wildman–Crippen LogP) is 0.0174.